The molecule has 3 unspecified atom stereocenters. The smallest absolute Gasteiger partial charge is 0.410 e. The number of nitrogens with zero attached hydrogens (tertiary/aromatic N) is 1. The lowest BCUT2D eigenvalue weighted by atomic mass is 9.82. The van der Waals surface area contributed by atoms with Crippen LogP contribution in [-0.2, 0) is 19.9 Å². The highest BCUT2D eigenvalue weighted by Crippen LogP contribution is 2.53. The summed E-state index contributed by atoms with van der Waals surface area (Å²) in [6, 6.07) is 24.4. The van der Waals surface area contributed by atoms with Crippen LogP contribution in [0, 0.1) is 5.92 Å². The molecule has 3 aromatic carbocycles. The van der Waals surface area contributed by atoms with E-state index in [1.807, 2.05) is 48.5 Å². The minimum atomic E-state index is -0.998. The normalized spacial score (nSPS) is 24.0. The molecular weight excluding hydrogens is 522 g/mol. The highest BCUT2D eigenvalue weighted by Gasteiger charge is 2.58. The molecule has 2 fully saturated rings. The molecule has 1 saturated carbocycles. The average Bonchev–Trinajstić information content (AvgIpc) is 3.57. The maximum absolute atomic E-state index is 13.2. The van der Waals surface area contributed by atoms with E-state index in [1.165, 1.54) is 22.3 Å². The number of amides is 1. The summed E-state index contributed by atoms with van der Waals surface area (Å²) in [7, 11) is 0. The minimum absolute atomic E-state index is 0.00325. The predicted octanol–water partition coefficient (Wildman–Crippen LogP) is 5.79. The van der Waals surface area contributed by atoms with E-state index in [0.717, 1.165) is 16.5 Å². The maximum atomic E-state index is 13.2. The van der Waals surface area contributed by atoms with Gasteiger partial charge in [0.1, 0.15) is 18.8 Å². The predicted molar refractivity (Wildman–Crippen MR) is 138 cm³/mol. The van der Waals surface area contributed by atoms with Crippen molar-refractivity contribution in [1.82, 2.24) is 4.90 Å². The van der Waals surface area contributed by atoms with Crippen molar-refractivity contribution in [3.05, 3.63) is 94.0 Å². The van der Waals surface area contributed by atoms with E-state index in [1.54, 1.807) is 4.90 Å². The minimum Gasteiger partial charge on any atom is -0.480 e. The van der Waals surface area contributed by atoms with Crippen LogP contribution in [0.25, 0.3) is 11.1 Å². The van der Waals surface area contributed by atoms with E-state index >= 15 is 0 Å². The molecule has 1 saturated heterocycles. The third kappa shape index (κ3) is 3.82. The van der Waals surface area contributed by atoms with Gasteiger partial charge in [-0.1, -0.05) is 76.6 Å². The van der Waals surface area contributed by atoms with Crippen LogP contribution in [0.4, 0.5) is 4.79 Å². The number of piperidine rings is 1. The summed E-state index contributed by atoms with van der Waals surface area (Å²) in [5, 5.41) is 9.29. The number of ether oxygens (including phenoxy) is 2. The van der Waals surface area contributed by atoms with Gasteiger partial charge in [-0.05, 0) is 46.4 Å². The molecule has 1 N–H and O–H groups in total. The standard InChI is InChI=1S/C29H26BrNO5/c30-20-11-9-18(10-12-20)29(36-17-27(32)33)14-21-13-19(29)15-31(21)28(34)35-16-26-24-7-3-1-5-22(24)23-6-2-4-8-25(23)26/h1-12,19,21,26H,13-17H2,(H,32,33). The zero-order valence-corrected chi connectivity index (χ0v) is 21.2. The van der Waals surface area contributed by atoms with Crippen molar-refractivity contribution in [3.63, 3.8) is 0 Å². The molecule has 6 rings (SSSR count). The molecule has 2 aliphatic carbocycles. The molecule has 7 heteroatoms. The van der Waals surface area contributed by atoms with Gasteiger partial charge >= 0.3 is 12.1 Å². The Bertz CT molecular complexity index is 1280. The zero-order valence-electron chi connectivity index (χ0n) is 19.6. The Labute approximate surface area is 218 Å². The fraction of sp³-hybridized carbons (Fsp3) is 0.310. The van der Waals surface area contributed by atoms with E-state index in [9.17, 15) is 14.7 Å². The van der Waals surface area contributed by atoms with Crippen LogP contribution in [0.2, 0.25) is 0 Å². The summed E-state index contributed by atoms with van der Waals surface area (Å²) in [6.45, 7) is 0.398. The Balaban J connectivity index is 1.18. The monoisotopic (exact) mass is 547 g/mol. The Morgan fingerprint density at radius 3 is 2.19 bits per heavy atom. The van der Waals surface area contributed by atoms with Gasteiger partial charge in [0.15, 0.2) is 0 Å². The van der Waals surface area contributed by atoms with Gasteiger partial charge in [-0.3, -0.25) is 0 Å². The molecule has 184 valence electrons. The van der Waals surface area contributed by atoms with Crippen LogP contribution in [0.15, 0.2) is 77.3 Å². The summed E-state index contributed by atoms with van der Waals surface area (Å²) in [4.78, 5) is 26.4. The topological polar surface area (TPSA) is 76.1 Å². The SMILES string of the molecule is O=C(O)COC1(c2ccc(Br)cc2)CC2CC1CN2C(=O)OCC1c2ccccc2-c2ccccc21. The number of hydrogen-bond acceptors (Lipinski definition) is 4. The van der Waals surface area contributed by atoms with Crippen molar-refractivity contribution < 1.29 is 24.2 Å². The van der Waals surface area contributed by atoms with Crippen LogP contribution in [0.1, 0.15) is 35.4 Å². The van der Waals surface area contributed by atoms with Gasteiger partial charge in [-0.15, -0.1) is 0 Å². The Kier molecular flexibility index (Phi) is 5.85. The van der Waals surface area contributed by atoms with Crippen LogP contribution in [-0.4, -0.2) is 47.9 Å². The van der Waals surface area contributed by atoms with Crippen molar-refractivity contribution in [1.29, 1.82) is 0 Å². The van der Waals surface area contributed by atoms with Crippen molar-refractivity contribution in [2.45, 2.75) is 30.4 Å². The first-order chi connectivity index (χ1) is 17.5. The zero-order chi connectivity index (χ0) is 24.9. The molecule has 3 aromatic rings. The second-order valence-electron chi connectivity index (χ2n) is 9.83. The van der Waals surface area contributed by atoms with E-state index in [4.69, 9.17) is 9.47 Å². The first-order valence-corrected chi connectivity index (χ1v) is 13.0. The Hall–Kier alpha value is -3.16. The molecular formula is C29H26BrNO5. The molecule has 1 heterocycles. The summed E-state index contributed by atoms with van der Waals surface area (Å²) in [5.74, 6) is -0.979. The number of carbonyl (C=O) groups is 2. The largest absolute Gasteiger partial charge is 0.480 e. The molecule has 0 spiro atoms. The number of halogens is 1. The molecule has 2 bridgehead atoms. The van der Waals surface area contributed by atoms with Gasteiger partial charge in [-0.2, -0.15) is 0 Å². The molecule has 3 atom stereocenters. The first-order valence-electron chi connectivity index (χ1n) is 12.2. The highest BCUT2D eigenvalue weighted by atomic mass is 79.9. The lowest BCUT2D eigenvalue weighted by Crippen LogP contribution is -2.48. The maximum Gasteiger partial charge on any atom is 0.410 e. The van der Waals surface area contributed by atoms with Crippen molar-refractivity contribution in [2.75, 3.05) is 19.8 Å². The second-order valence-corrected chi connectivity index (χ2v) is 10.7. The van der Waals surface area contributed by atoms with Gasteiger partial charge in [0.25, 0.3) is 0 Å². The van der Waals surface area contributed by atoms with Gasteiger partial charge < -0.3 is 19.5 Å². The number of benzene rings is 3. The van der Waals surface area contributed by atoms with Crippen molar-refractivity contribution in [3.8, 4) is 11.1 Å². The molecule has 36 heavy (non-hydrogen) atoms. The molecule has 3 aliphatic rings. The summed E-state index contributed by atoms with van der Waals surface area (Å²) in [5.41, 5.74) is 5.00. The number of aliphatic carboxylic acids is 1. The van der Waals surface area contributed by atoms with Crippen LogP contribution in [0.3, 0.4) is 0 Å². The number of hydrogen-bond donors (Lipinski definition) is 1. The van der Waals surface area contributed by atoms with Gasteiger partial charge in [0, 0.05) is 35.3 Å². The first kappa shape index (κ1) is 23.3. The number of carboxylic acids is 1. The average molecular weight is 548 g/mol. The second kappa shape index (κ2) is 9.05. The summed E-state index contributed by atoms with van der Waals surface area (Å²) in [6.07, 6.45) is 1.00. The highest BCUT2D eigenvalue weighted by molar-refractivity contribution is 9.10. The number of likely N-dealkylation sites (tertiary alicyclic amines) is 1. The van der Waals surface area contributed by atoms with Crippen LogP contribution < -0.4 is 0 Å². The fourth-order valence-electron chi connectivity index (χ4n) is 6.40. The quantitative estimate of drug-likeness (QED) is 0.422. The molecule has 0 radical (unpaired) electrons. The molecule has 1 aliphatic heterocycles. The lowest BCUT2D eigenvalue weighted by molar-refractivity contribution is -0.156. The molecule has 1 amide bonds. The summed E-state index contributed by atoms with van der Waals surface area (Å²) >= 11 is 3.46. The van der Waals surface area contributed by atoms with Crippen molar-refractivity contribution in [2.24, 2.45) is 5.92 Å². The van der Waals surface area contributed by atoms with Crippen molar-refractivity contribution >= 4 is 28.0 Å². The number of carboxylic acid groups (broad SMARTS) is 1. The van der Waals surface area contributed by atoms with E-state index < -0.39 is 11.6 Å². The Morgan fingerprint density at radius 1 is 0.972 bits per heavy atom. The lowest BCUT2D eigenvalue weighted by Gasteiger charge is -2.41. The van der Waals surface area contributed by atoms with Gasteiger partial charge in [-0.25, -0.2) is 9.59 Å². The number of fused-ring (bicyclic) bond motifs is 5. The van der Waals surface area contributed by atoms with Gasteiger partial charge in [0.2, 0.25) is 0 Å². The number of rotatable bonds is 6. The van der Waals surface area contributed by atoms with E-state index in [0.29, 0.717) is 13.0 Å². The van der Waals surface area contributed by atoms with E-state index in [2.05, 4.69) is 40.2 Å². The van der Waals surface area contributed by atoms with Gasteiger partial charge in [0.05, 0.1) is 0 Å². The number of carbonyl (C=O) groups excluding carboxylic acids is 1. The van der Waals surface area contributed by atoms with E-state index in [-0.39, 0.29) is 37.2 Å². The van der Waals surface area contributed by atoms with Crippen LogP contribution >= 0.6 is 15.9 Å². The third-order valence-electron chi connectivity index (χ3n) is 7.97. The summed E-state index contributed by atoms with van der Waals surface area (Å²) < 4.78 is 12.9. The third-order valence-corrected chi connectivity index (χ3v) is 8.50. The molecule has 6 nitrogen and oxygen atoms in total. The fourth-order valence-corrected chi connectivity index (χ4v) is 6.67. The molecule has 0 aromatic heterocycles. The Morgan fingerprint density at radius 2 is 1.61 bits per heavy atom. The van der Waals surface area contributed by atoms with Crippen LogP contribution in [0.5, 0.6) is 0 Å².